The second-order valence-electron chi connectivity index (χ2n) is 4.95. The highest BCUT2D eigenvalue weighted by Gasteiger charge is 2.16. The van der Waals surface area contributed by atoms with Crippen molar-refractivity contribution in [1.82, 2.24) is 4.98 Å². The highest BCUT2D eigenvalue weighted by Crippen LogP contribution is 2.28. The van der Waals surface area contributed by atoms with Crippen LogP contribution in [0.1, 0.15) is 20.3 Å². The van der Waals surface area contributed by atoms with Gasteiger partial charge in [-0.15, -0.1) is 11.3 Å². The number of hydrogen-bond donors (Lipinski definition) is 1. The molecule has 21 heavy (non-hydrogen) atoms. The highest BCUT2D eigenvalue weighted by atomic mass is 32.1. The molecule has 1 aromatic heterocycles. The largest absolute Gasteiger partial charge is 0.481 e. The van der Waals surface area contributed by atoms with Crippen molar-refractivity contribution < 1.29 is 14.3 Å². The second-order valence-corrected chi connectivity index (χ2v) is 5.79. The van der Waals surface area contributed by atoms with Gasteiger partial charge in [-0.05, 0) is 38.1 Å². The molecule has 4 nitrogen and oxygen atoms in total. The first-order valence-corrected chi connectivity index (χ1v) is 7.55. The summed E-state index contributed by atoms with van der Waals surface area (Å²) in [5.74, 6) is -1.10. The highest BCUT2D eigenvalue weighted by molar-refractivity contribution is 7.14. The summed E-state index contributed by atoms with van der Waals surface area (Å²) in [6.07, 6.45) is 0.0731. The molecular weight excluding hydrogens is 291 g/mol. The van der Waals surface area contributed by atoms with Crippen LogP contribution < -0.4 is 4.90 Å². The lowest BCUT2D eigenvalue weighted by Gasteiger charge is -2.25. The van der Waals surface area contributed by atoms with Crippen LogP contribution in [0.15, 0.2) is 29.6 Å². The van der Waals surface area contributed by atoms with E-state index in [0.29, 0.717) is 6.54 Å². The van der Waals surface area contributed by atoms with Gasteiger partial charge in [-0.2, -0.15) is 0 Å². The maximum atomic E-state index is 12.9. The summed E-state index contributed by atoms with van der Waals surface area (Å²) in [7, 11) is 0. The molecule has 0 spiro atoms. The molecule has 0 radical (unpaired) electrons. The minimum atomic E-state index is -0.823. The zero-order valence-corrected chi connectivity index (χ0v) is 12.7. The normalized spacial score (nSPS) is 10.9. The number of aliphatic carboxylic acids is 1. The number of carbonyl (C=O) groups is 1. The summed E-state index contributed by atoms with van der Waals surface area (Å²) in [4.78, 5) is 17.2. The summed E-state index contributed by atoms with van der Waals surface area (Å²) >= 11 is 1.46. The number of anilines is 1. The van der Waals surface area contributed by atoms with Gasteiger partial charge in [0.1, 0.15) is 5.82 Å². The molecule has 2 aromatic rings. The van der Waals surface area contributed by atoms with Crippen LogP contribution in [-0.2, 0) is 4.79 Å². The van der Waals surface area contributed by atoms with E-state index in [4.69, 9.17) is 5.11 Å². The molecule has 0 saturated carbocycles. The summed E-state index contributed by atoms with van der Waals surface area (Å²) < 4.78 is 12.9. The van der Waals surface area contributed by atoms with Crippen molar-refractivity contribution in [3.63, 3.8) is 0 Å². The van der Waals surface area contributed by atoms with E-state index in [9.17, 15) is 9.18 Å². The molecule has 0 aliphatic heterocycles. The minimum absolute atomic E-state index is 0.0731. The predicted molar refractivity (Wildman–Crippen MR) is 82.2 cm³/mol. The van der Waals surface area contributed by atoms with Gasteiger partial charge >= 0.3 is 5.97 Å². The maximum Gasteiger partial charge on any atom is 0.305 e. The van der Waals surface area contributed by atoms with Gasteiger partial charge in [-0.3, -0.25) is 4.79 Å². The number of carboxylic acids is 1. The average molecular weight is 308 g/mol. The van der Waals surface area contributed by atoms with Crippen LogP contribution >= 0.6 is 11.3 Å². The molecule has 2 rings (SSSR count). The van der Waals surface area contributed by atoms with Crippen LogP contribution in [0.2, 0.25) is 0 Å². The molecule has 0 aliphatic carbocycles. The number of carboxylic acid groups (broad SMARTS) is 1. The predicted octanol–water partition coefficient (Wildman–Crippen LogP) is 3.64. The Balaban J connectivity index is 2.19. The first-order valence-electron chi connectivity index (χ1n) is 6.67. The van der Waals surface area contributed by atoms with E-state index in [0.717, 1.165) is 16.4 Å². The van der Waals surface area contributed by atoms with E-state index in [1.54, 1.807) is 12.1 Å². The Hall–Kier alpha value is -1.95. The van der Waals surface area contributed by atoms with E-state index in [1.807, 2.05) is 24.1 Å². The van der Waals surface area contributed by atoms with Gasteiger partial charge < -0.3 is 10.0 Å². The van der Waals surface area contributed by atoms with E-state index in [-0.39, 0.29) is 18.3 Å². The Morgan fingerprint density at radius 3 is 2.62 bits per heavy atom. The Bertz CT molecular complexity index is 610. The molecule has 0 atom stereocenters. The fourth-order valence-electron chi connectivity index (χ4n) is 1.94. The van der Waals surface area contributed by atoms with Gasteiger partial charge in [0.15, 0.2) is 5.13 Å². The second kappa shape index (κ2) is 6.67. The molecule has 1 heterocycles. The van der Waals surface area contributed by atoms with Crippen LogP contribution in [0.4, 0.5) is 9.52 Å². The fourth-order valence-corrected chi connectivity index (χ4v) is 2.93. The molecule has 0 saturated heterocycles. The van der Waals surface area contributed by atoms with Gasteiger partial charge in [0.2, 0.25) is 0 Å². The maximum absolute atomic E-state index is 12.9. The Labute approximate surface area is 126 Å². The Morgan fingerprint density at radius 1 is 1.38 bits per heavy atom. The van der Waals surface area contributed by atoms with E-state index >= 15 is 0 Å². The van der Waals surface area contributed by atoms with Crippen molar-refractivity contribution >= 4 is 22.4 Å². The van der Waals surface area contributed by atoms with Gasteiger partial charge in [0.05, 0.1) is 12.1 Å². The quantitative estimate of drug-likeness (QED) is 0.885. The zero-order valence-electron chi connectivity index (χ0n) is 11.9. The van der Waals surface area contributed by atoms with Crippen molar-refractivity contribution in [2.75, 3.05) is 11.4 Å². The lowest BCUT2D eigenvalue weighted by molar-refractivity contribution is -0.136. The number of thiazole rings is 1. The fraction of sp³-hybridized carbons (Fsp3) is 0.333. The average Bonchev–Trinajstić information content (AvgIpc) is 2.88. The third-order valence-corrected chi connectivity index (χ3v) is 3.95. The topological polar surface area (TPSA) is 53.4 Å². The molecule has 6 heteroatoms. The van der Waals surface area contributed by atoms with Crippen molar-refractivity contribution in [1.29, 1.82) is 0 Å². The number of rotatable bonds is 6. The van der Waals surface area contributed by atoms with Crippen LogP contribution in [-0.4, -0.2) is 28.6 Å². The molecule has 112 valence electrons. The Kier molecular flexibility index (Phi) is 4.90. The molecule has 0 fully saturated rings. The Morgan fingerprint density at radius 2 is 2.05 bits per heavy atom. The first kappa shape index (κ1) is 15.4. The lowest BCUT2D eigenvalue weighted by atomic mass is 10.2. The third kappa shape index (κ3) is 4.01. The number of halogens is 1. The number of nitrogens with zero attached hydrogens (tertiary/aromatic N) is 2. The van der Waals surface area contributed by atoms with Crippen LogP contribution in [0.25, 0.3) is 11.3 Å². The van der Waals surface area contributed by atoms with Crippen LogP contribution in [0.5, 0.6) is 0 Å². The minimum Gasteiger partial charge on any atom is -0.481 e. The van der Waals surface area contributed by atoms with E-state index in [1.165, 1.54) is 23.5 Å². The van der Waals surface area contributed by atoms with Crippen molar-refractivity contribution in [3.05, 3.63) is 35.5 Å². The standard InChI is InChI=1S/C15H17FN2O2S/c1-10(2)18(8-7-14(19)20)15-17-13(9-21-15)11-3-5-12(16)6-4-11/h3-6,9-10H,7-8H2,1-2H3,(H,19,20). The van der Waals surface area contributed by atoms with E-state index in [2.05, 4.69) is 4.98 Å². The zero-order chi connectivity index (χ0) is 15.4. The number of benzene rings is 1. The van der Waals surface area contributed by atoms with Crippen LogP contribution in [0.3, 0.4) is 0 Å². The summed E-state index contributed by atoms with van der Waals surface area (Å²) in [5, 5.41) is 11.5. The summed E-state index contributed by atoms with van der Waals surface area (Å²) in [6, 6.07) is 6.34. The monoisotopic (exact) mass is 308 g/mol. The third-order valence-electron chi connectivity index (χ3n) is 3.07. The first-order chi connectivity index (χ1) is 9.97. The van der Waals surface area contributed by atoms with Gasteiger partial charge in [0, 0.05) is 23.5 Å². The summed E-state index contributed by atoms with van der Waals surface area (Å²) in [6.45, 7) is 4.42. The number of hydrogen-bond acceptors (Lipinski definition) is 4. The van der Waals surface area contributed by atoms with Crippen molar-refractivity contribution in [3.8, 4) is 11.3 Å². The molecule has 0 unspecified atom stereocenters. The smallest absolute Gasteiger partial charge is 0.305 e. The van der Waals surface area contributed by atoms with Crippen LogP contribution in [0, 0.1) is 5.82 Å². The number of aromatic nitrogens is 1. The molecule has 1 aromatic carbocycles. The summed E-state index contributed by atoms with van der Waals surface area (Å²) in [5.41, 5.74) is 1.62. The van der Waals surface area contributed by atoms with Crippen molar-refractivity contribution in [2.45, 2.75) is 26.3 Å². The lowest BCUT2D eigenvalue weighted by Crippen LogP contribution is -2.32. The van der Waals surface area contributed by atoms with Gasteiger partial charge in [0.25, 0.3) is 0 Å². The molecule has 0 bridgehead atoms. The molecule has 0 aliphatic rings. The molecule has 0 amide bonds. The van der Waals surface area contributed by atoms with E-state index < -0.39 is 5.97 Å². The van der Waals surface area contributed by atoms with Gasteiger partial charge in [-0.25, -0.2) is 9.37 Å². The van der Waals surface area contributed by atoms with Gasteiger partial charge in [-0.1, -0.05) is 0 Å². The SMILES string of the molecule is CC(C)N(CCC(=O)O)c1nc(-c2ccc(F)cc2)cs1. The molecular formula is C15H17FN2O2S. The van der Waals surface area contributed by atoms with Crippen molar-refractivity contribution in [2.24, 2.45) is 0 Å². The molecule has 1 N–H and O–H groups in total.